The SMILES string of the molecule is CC(C)Cc1nc2ccc(C=O)cc2n1C. The van der Waals surface area contributed by atoms with Crippen molar-refractivity contribution in [2.24, 2.45) is 13.0 Å². The molecule has 2 rings (SSSR count). The van der Waals surface area contributed by atoms with Gasteiger partial charge in [-0.05, 0) is 24.1 Å². The van der Waals surface area contributed by atoms with Gasteiger partial charge >= 0.3 is 0 Å². The first-order valence-corrected chi connectivity index (χ1v) is 5.52. The molecule has 0 radical (unpaired) electrons. The van der Waals surface area contributed by atoms with E-state index in [1.807, 2.05) is 25.2 Å². The van der Waals surface area contributed by atoms with E-state index in [1.54, 1.807) is 0 Å². The fraction of sp³-hybridized carbons (Fsp3) is 0.385. The van der Waals surface area contributed by atoms with Gasteiger partial charge in [-0.25, -0.2) is 4.98 Å². The van der Waals surface area contributed by atoms with Crippen LogP contribution in [0, 0.1) is 5.92 Å². The van der Waals surface area contributed by atoms with Gasteiger partial charge in [0, 0.05) is 19.0 Å². The quantitative estimate of drug-likeness (QED) is 0.739. The topological polar surface area (TPSA) is 34.9 Å². The summed E-state index contributed by atoms with van der Waals surface area (Å²) in [6.07, 6.45) is 1.83. The molecular formula is C13H16N2O. The third kappa shape index (κ3) is 1.85. The van der Waals surface area contributed by atoms with Crippen LogP contribution in [0.5, 0.6) is 0 Å². The van der Waals surface area contributed by atoms with E-state index in [2.05, 4.69) is 23.4 Å². The molecule has 0 saturated heterocycles. The van der Waals surface area contributed by atoms with Crippen LogP contribution in [0.15, 0.2) is 18.2 Å². The van der Waals surface area contributed by atoms with Crippen molar-refractivity contribution < 1.29 is 4.79 Å². The molecule has 0 unspecified atom stereocenters. The van der Waals surface area contributed by atoms with Gasteiger partial charge in [0.1, 0.15) is 12.1 Å². The fourth-order valence-corrected chi connectivity index (χ4v) is 1.88. The highest BCUT2D eigenvalue weighted by Crippen LogP contribution is 2.18. The summed E-state index contributed by atoms with van der Waals surface area (Å²) in [4.78, 5) is 15.3. The van der Waals surface area contributed by atoms with E-state index in [-0.39, 0.29) is 0 Å². The van der Waals surface area contributed by atoms with Gasteiger partial charge in [-0.15, -0.1) is 0 Å². The van der Waals surface area contributed by atoms with Gasteiger partial charge in [0.25, 0.3) is 0 Å². The predicted molar refractivity (Wildman–Crippen MR) is 64.6 cm³/mol. The summed E-state index contributed by atoms with van der Waals surface area (Å²) < 4.78 is 2.07. The minimum atomic E-state index is 0.584. The van der Waals surface area contributed by atoms with Crippen molar-refractivity contribution in [3.05, 3.63) is 29.6 Å². The normalized spacial score (nSPS) is 11.2. The van der Waals surface area contributed by atoms with Crippen LogP contribution in [0.25, 0.3) is 11.0 Å². The average molecular weight is 216 g/mol. The van der Waals surface area contributed by atoms with E-state index < -0.39 is 0 Å². The van der Waals surface area contributed by atoms with E-state index in [4.69, 9.17) is 0 Å². The minimum absolute atomic E-state index is 0.584. The highest BCUT2D eigenvalue weighted by molar-refractivity contribution is 5.85. The zero-order valence-corrected chi connectivity index (χ0v) is 9.90. The molecule has 0 spiro atoms. The van der Waals surface area contributed by atoms with Crippen LogP contribution in [0.2, 0.25) is 0 Å². The van der Waals surface area contributed by atoms with Crippen LogP contribution in [0.4, 0.5) is 0 Å². The van der Waals surface area contributed by atoms with Crippen LogP contribution in [-0.2, 0) is 13.5 Å². The van der Waals surface area contributed by atoms with E-state index in [1.165, 1.54) is 0 Å². The van der Waals surface area contributed by atoms with Crippen LogP contribution in [0.3, 0.4) is 0 Å². The lowest BCUT2D eigenvalue weighted by molar-refractivity contribution is 0.112. The molecular weight excluding hydrogens is 200 g/mol. The molecule has 0 amide bonds. The Morgan fingerprint density at radius 2 is 2.19 bits per heavy atom. The number of carbonyl (C=O) groups excluding carboxylic acids is 1. The Morgan fingerprint density at radius 1 is 1.44 bits per heavy atom. The van der Waals surface area contributed by atoms with Crippen molar-refractivity contribution in [2.75, 3.05) is 0 Å². The number of aromatic nitrogens is 2. The summed E-state index contributed by atoms with van der Waals surface area (Å²) in [5, 5.41) is 0. The molecule has 84 valence electrons. The number of hydrogen-bond donors (Lipinski definition) is 0. The zero-order chi connectivity index (χ0) is 11.7. The molecule has 2 aromatic rings. The second-order valence-electron chi connectivity index (χ2n) is 4.55. The number of benzene rings is 1. The molecule has 0 N–H and O–H groups in total. The number of aryl methyl sites for hydroxylation is 1. The van der Waals surface area contributed by atoms with Gasteiger partial charge in [0.15, 0.2) is 0 Å². The molecule has 1 aromatic heterocycles. The fourth-order valence-electron chi connectivity index (χ4n) is 1.88. The Bertz CT molecular complexity index is 526. The zero-order valence-electron chi connectivity index (χ0n) is 9.90. The first-order chi connectivity index (χ1) is 7.61. The lowest BCUT2D eigenvalue weighted by Gasteiger charge is -2.04. The van der Waals surface area contributed by atoms with Crippen LogP contribution >= 0.6 is 0 Å². The predicted octanol–water partition coefficient (Wildman–Crippen LogP) is 2.58. The maximum Gasteiger partial charge on any atom is 0.150 e. The Balaban J connectivity index is 2.54. The summed E-state index contributed by atoms with van der Waals surface area (Å²) in [5.74, 6) is 1.66. The van der Waals surface area contributed by atoms with Gasteiger partial charge in [-0.2, -0.15) is 0 Å². The number of rotatable bonds is 3. The monoisotopic (exact) mass is 216 g/mol. The van der Waals surface area contributed by atoms with Crippen LogP contribution in [-0.4, -0.2) is 15.8 Å². The Kier molecular flexibility index (Phi) is 2.77. The number of carbonyl (C=O) groups is 1. The minimum Gasteiger partial charge on any atom is -0.331 e. The van der Waals surface area contributed by atoms with Gasteiger partial charge in [-0.1, -0.05) is 13.8 Å². The Labute approximate surface area is 95.1 Å². The van der Waals surface area contributed by atoms with Crippen molar-refractivity contribution in [1.82, 2.24) is 9.55 Å². The molecule has 0 aliphatic rings. The van der Waals surface area contributed by atoms with Crippen LogP contribution in [0.1, 0.15) is 30.0 Å². The summed E-state index contributed by atoms with van der Waals surface area (Å²) >= 11 is 0. The molecule has 16 heavy (non-hydrogen) atoms. The molecule has 1 heterocycles. The third-order valence-electron chi connectivity index (χ3n) is 2.72. The summed E-state index contributed by atoms with van der Waals surface area (Å²) in [6.45, 7) is 4.35. The molecule has 1 aromatic carbocycles. The summed E-state index contributed by atoms with van der Waals surface area (Å²) in [6, 6.07) is 5.60. The smallest absolute Gasteiger partial charge is 0.150 e. The van der Waals surface area contributed by atoms with Crippen molar-refractivity contribution in [2.45, 2.75) is 20.3 Å². The first-order valence-electron chi connectivity index (χ1n) is 5.52. The number of fused-ring (bicyclic) bond motifs is 1. The van der Waals surface area contributed by atoms with Crippen molar-refractivity contribution in [1.29, 1.82) is 0 Å². The van der Waals surface area contributed by atoms with Gasteiger partial charge in [0.2, 0.25) is 0 Å². The number of imidazole rings is 1. The number of aldehydes is 1. The molecule has 0 saturated carbocycles. The number of nitrogens with zero attached hydrogens (tertiary/aromatic N) is 2. The highest BCUT2D eigenvalue weighted by Gasteiger charge is 2.09. The van der Waals surface area contributed by atoms with Crippen molar-refractivity contribution >= 4 is 17.3 Å². The summed E-state index contributed by atoms with van der Waals surface area (Å²) in [5.41, 5.74) is 2.69. The molecule has 0 bridgehead atoms. The molecule has 3 nitrogen and oxygen atoms in total. The van der Waals surface area contributed by atoms with Gasteiger partial charge < -0.3 is 4.57 Å². The molecule has 0 aliphatic carbocycles. The lowest BCUT2D eigenvalue weighted by Crippen LogP contribution is -2.02. The van der Waals surface area contributed by atoms with Gasteiger partial charge in [-0.3, -0.25) is 4.79 Å². The van der Waals surface area contributed by atoms with E-state index in [0.717, 1.165) is 29.6 Å². The van der Waals surface area contributed by atoms with Crippen LogP contribution < -0.4 is 0 Å². The Hall–Kier alpha value is -1.64. The maximum absolute atomic E-state index is 10.7. The second kappa shape index (κ2) is 4.08. The van der Waals surface area contributed by atoms with Crippen molar-refractivity contribution in [3.63, 3.8) is 0 Å². The Morgan fingerprint density at radius 3 is 2.81 bits per heavy atom. The molecule has 0 fully saturated rings. The highest BCUT2D eigenvalue weighted by atomic mass is 16.1. The standard InChI is InChI=1S/C13H16N2O/c1-9(2)6-13-14-11-5-4-10(8-16)7-12(11)15(13)3/h4-5,7-9H,6H2,1-3H3. The third-order valence-corrected chi connectivity index (χ3v) is 2.72. The van der Waals surface area contributed by atoms with E-state index in [0.29, 0.717) is 11.5 Å². The van der Waals surface area contributed by atoms with Gasteiger partial charge in [0.05, 0.1) is 11.0 Å². The van der Waals surface area contributed by atoms with Crippen molar-refractivity contribution in [3.8, 4) is 0 Å². The largest absolute Gasteiger partial charge is 0.331 e. The van der Waals surface area contributed by atoms with E-state index >= 15 is 0 Å². The first kappa shape index (κ1) is 10.9. The second-order valence-corrected chi connectivity index (χ2v) is 4.55. The molecule has 3 heteroatoms. The average Bonchev–Trinajstić information content (AvgIpc) is 2.55. The molecule has 0 atom stereocenters. The summed E-state index contributed by atoms with van der Waals surface area (Å²) in [7, 11) is 2.00. The lowest BCUT2D eigenvalue weighted by atomic mass is 10.1. The molecule has 0 aliphatic heterocycles. The maximum atomic E-state index is 10.7. The number of hydrogen-bond acceptors (Lipinski definition) is 2. The van der Waals surface area contributed by atoms with E-state index in [9.17, 15) is 4.79 Å².